The highest BCUT2D eigenvalue weighted by Gasteiger charge is 2.30. The Hall–Kier alpha value is -0.810. The molecule has 100 valence electrons. The molecule has 1 aliphatic rings. The number of ether oxygens (including phenoxy) is 1. The average Bonchev–Trinajstić information content (AvgIpc) is 2.38. The second-order valence-electron chi connectivity index (χ2n) is 4.55. The van der Waals surface area contributed by atoms with Gasteiger partial charge < -0.3 is 20.7 Å². The summed E-state index contributed by atoms with van der Waals surface area (Å²) in [6.07, 6.45) is 4.09. The molecule has 2 unspecified atom stereocenters. The molecule has 1 fully saturated rings. The van der Waals surface area contributed by atoms with Gasteiger partial charge in [-0.1, -0.05) is 13.3 Å². The Bertz CT molecular complexity index is 236. The van der Waals surface area contributed by atoms with Crippen molar-refractivity contribution in [3.05, 3.63) is 0 Å². The molecule has 3 N–H and O–H groups in total. The van der Waals surface area contributed by atoms with Gasteiger partial charge in [-0.25, -0.2) is 4.79 Å². The van der Waals surface area contributed by atoms with E-state index in [0.717, 1.165) is 38.8 Å². The number of rotatable bonds is 5. The van der Waals surface area contributed by atoms with Crippen LogP contribution in [0.25, 0.3) is 0 Å². The molecule has 17 heavy (non-hydrogen) atoms. The van der Waals surface area contributed by atoms with Gasteiger partial charge in [0.15, 0.2) is 0 Å². The first kappa shape index (κ1) is 14.3. The summed E-state index contributed by atoms with van der Waals surface area (Å²) in [5.74, 6) is 0. The summed E-state index contributed by atoms with van der Waals surface area (Å²) < 4.78 is 5.34. The number of hydrogen-bond acceptors (Lipinski definition) is 3. The number of nitrogens with two attached hydrogens (primary N) is 1. The molecular weight excluding hydrogens is 218 g/mol. The SMILES string of the molecule is CCCCNC(=O)N1CCC(OC)CC1CN. The summed E-state index contributed by atoms with van der Waals surface area (Å²) in [5, 5.41) is 2.94. The molecule has 0 aromatic rings. The van der Waals surface area contributed by atoms with Crippen LogP contribution >= 0.6 is 0 Å². The Balaban J connectivity index is 2.43. The van der Waals surface area contributed by atoms with Gasteiger partial charge in [-0.05, 0) is 19.3 Å². The fraction of sp³-hybridized carbons (Fsp3) is 0.917. The second-order valence-corrected chi connectivity index (χ2v) is 4.55. The summed E-state index contributed by atoms with van der Waals surface area (Å²) in [6, 6.07) is 0.124. The van der Waals surface area contributed by atoms with E-state index in [1.165, 1.54) is 0 Å². The fourth-order valence-electron chi connectivity index (χ4n) is 2.19. The Labute approximate surface area is 104 Å². The van der Waals surface area contributed by atoms with Gasteiger partial charge >= 0.3 is 6.03 Å². The van der Waals surface area contributed by atoms with Crippen molar-refractivity contribution in [2.24, 2.45) is 5.73 Å². The molecule has 2 amide bonds. The van der Waals surface area contributed by atoms with Gasteiger partial charge in [-0.2, -0.15) is 0 Å². The van der Waals surface area contributed by atoms with Crippen molar-refractivity contribution in [2.75, 3.05) is 26.7 Å². The highest BCUT2D eigenvalue weighted by molar-refractivity contribution is 5.74. The van der Waals surface area contributed by atoms with Crippen LogP contribution in [0.3, 0.4) is 0 Å². The van der Waals surface area contributed by atoms with Crippen LogP contribution in [0.5, 0.6) is 0 Å². The van der Waals surface area contributed by atoms with Crippen LogP contribution in [-0.4, -0.2) is 49.8 Å². The van der Waals surface area contributed by atoms with Crippen molar-refractivity contribution in [3.63, 3.8) is 0 Å². The van der Waals surface area contributed by atoms with Crippen molar-refractivity contribution in [1.29, 1.82) is 0 Å². The minimum atomic E-state index is 0.0171. The Morgan fingerprint density at radius 3 is 2.94 bits per heavy atom. The lowest BCUT2D eigenvalue weighted by Crippen LogP contribution is -2.54. The first-order valence-electron chi connectivity index (χ1n) is 6.50. The monoisotopic (exact) mass is 243 g/mol. The van der Waals surface area contributed by atoms with Crippen LogP contribution in [0.15, 0.2) is 0 Å². The minimum Gasteiger partial charge on any atom is -0.381 e. The number of amides is 2. The van der Waals surface area contributed by atoms with Crippen LogP contribution in [0, 0.1) is 0 Å². The number of carbonyl (C=O) groups is 1. The first-order valence-corrected chi connectivity index (χ1v) is 6.50. The number of likely N-dealkylation sites (tertiary alicyclic amines) is 1. The summed E-state index contributed by atoms with van der Waals surface area (Å²) in [6.45, 7) is 4.09. The van der Waals surface area contributed by atoms with Crippen LogP contribution in [0.1, 0.15) is 32.6 Å². The quantitative estimate of drug-likeness (QED) is 0.706. The van der Waals surface area contributed by atoms with Crippen LogP contribution in [0.2, 0.25) is 0 Å². The van der Waals surface area contributed by atoms with Gasteiger partial charge in [0.05, 0.1) is 6.10 Å². The van der Waals surface area contributed by atoms with Crippen LogP contribution < -0.4 is 11.1 Å². The van der Waals surface area contributed by atoms with Crippen LogP contribution in [0.4, 0.5) is 4.79 Å². The topological polar surface area (TPSA) is 67.6 Å². The average molecular weight is 243 g/mol. The molecule has 0 saturated carbocycles. The second kappa shape index (κ2) is 7.50. The molecule has 1 saturated heterocycles. The van der Waals surface area contributed by atoms with E-state index in [2.05, 4.69) is 12.2 Å². The molecule has 2 atom stereocenters. The standard InChI is InChI=1S/C12H25N3O2/c1-3-4-6-14-12(16)15-7-5-11(17-2)8-10(15)9-13/h10-11H,3-9,13H2,1-2H3,(H,14,16). The van der Waals surface area contributed by atoms with E-state index < -0.39 is 0 Å². The highest BCUT2D eigenvalue weighted by Crippen LogP contribution is 2.19. The van der Waals surface area contributed by atoms with Crippen molar-refractivity contribution in [3.8, 4) is 0 Å². The molecule has 0 aliphatic carbocycles. The van der Waals surface area contributed by atoms with E-state index >= 15 is 0 Å². The molecule has 5 nitrogen and oxygen atoms in total. The van der Waals surface area contributed by atoms with Crippen molar-refractivity contribution >= 4 is 6.03 Å². The molecule has 1 rings (SSSR count). The van der Waals surface area contributed by atoms with E-state index in [0.29, 0.717) is 6.54 Å². The zero-order valence-electron chi connectivity index (χ0n) is 10.9. The largest absolute Gasteiger partial charge is 0.381 e. The van der Waals surface area contributed by atoms with Crippen LogP contribution in [-0.2, 0) is 4.74 Å². The van der Waals surface area contributed by atoms with Gasteiger partial charge in [-0.3, -0.25) is 0 Å². The maximum absolute atomic E-state index is 12.0. The maximum atomic E-state index is 12.0. The van der Waals surface area contributed by atoms with E-state index in [-0.39, 0.29) is 18.2 Å². The lowest BCUT2D eigenvalue weighted by Gasteiger charge is -2.38. The van der Waals surface area contributed by atoms with E-state index in [1.807, 2.05) is 4.90 Å². The van der Waals surface area contributed by atoms with Crippen molar-refractivity contribution in [2.45, 2.75) is 44.8 Å². The molecule has 0 radical (unpaired) electrons. The molecule has 0 aromatic heterocycles. The van der Waals surface area contributed by atoms with E-state index in [4.69, 9.17) is 10.5 Å². The summed E-state index contributed by atoms with van der Waals surface area (Å²) in [4.78, 5) is 13.8. The molecule has 0 spiro atoms. The maximum Gasteiger partial charge on any atom is 0.317 e. The van der Waals surface area contributed by atoms with E-state index in [9.17, 15) is 4.79 Å². The number of urea groups is 1. The third kappa shape index (κ3) is 4.16. The predicted molar refractivity (Wildman–Crippen MR) is 67.9 cm³/mol. The van der Waals surface area contributed by atoms with Gasteiger partial charge in [0.25, 0.3) is 0 Å². The number of carbonyl (C=O) groups excluding carboxylic acids is 1. The van der Waals surface area contributed by atoms with Crippen molar-refractivity contribution < 1.29 is 9.53 Å². The number of unbranched alkanes of at least 4 members (excludes halogenated alkanes) is 1. The molecular formula is C12H25N3O2. The number of piperidine rings is 1. The highest BCUT2D eigenvalue weighted by atomic mass is 16.5. The Morgan fingerprint density at radius 2 is 2.35 bits per heavy atom. The summed E-state index contributed by atoms with van der Waals surface area (Å²) in [7, 11) is 1.72. The molecule has 0 bridgehead atoms. The predicted octanol–water partition coefficient (Wildman–Crippen LogP) is 0.934. The normalized spacial score (nSPS) is 24.8. The number of methoxy groups -OCH3 is 1. The number of nitrogens with zero attached hydrogens (tertiary/aromatic N) is 1. The van der Waals surface area contributed by atoms with Gasteiger partial charge in [-0.15, -0.1) is 0 Å². The van der Waals surface area contributed by atoms with Gasteiger partial charge in [0, 0.05) is 32.8 Å². The van der Waals surface area contributed by atoms with Gasteiger partial charge in [0.1, 0.15) is 0 Å². The molecule has 5 heteroatoms. The third-order valence-electron chi connectivity index (χ3n) is 3.34. The molecule has 0 aromatic carbocycles. The Kier molecular flexibility index (Phi) is 6.29. The third-order valence-corrected chi connectivity index (χ3v) is 3.34. The van der Waals surface area contributed by atoms with E-state index in [1.54, 1.807) is 7.11 Å². The number of hydrogen-bond donors (Lipinski definition) is 2. The number of nitrogens with one attached hydrogen (secondary N) is 1. The molecule has 1 heterocycles. The summed E-state index contributed by atoms with van der Waals surface area (Å²) in [5.41, 5.74) is 5.73. The lowest BCUT2D eigenvalue weighted by atomic mass is 10.00. The summed E-state index contributed by atoms with van der Waals surface area (Å²) >= 11 is 0. The zero-order chi connectivity index (χ0) is 12.7. The minimum absolute atomic E-state index is 0.0171. The smallest absolute Gasteiger partial charge is 0.317 e. The lowest BCUT2D eigenvalue weighted by molar-refractivity contribution is 0.0270. The van der Waals surface area contributed by atoms with Gasteiger partial charge in [0.2, 0.25) is 0 Å². The van der Waals surface area contributed by atoms with Crippen molar-refractivity contribution in [1.82, 2.24) is 10.2 Å². The Morgan fingerprint density at radius 1 is 1.59 bits per heavy atom. The zero-order valence-corrected chi connectivity index (χ0v) is 10.9. The fourth-order valence-corrected chi connectivity index (χ4v) is 2.19. The molecule has 1 aliphatic heterocycles. The first-order chi connectivity index (χ1) is 8.22.